The molecule has 2 aliphatic heterocycles. The van der Waals surface area contributed by atoms with Gasteiger partial charge in [-0.1, -0.05) is 18.2 Å². The smallest absolute Gasteiger partial charge is 0.239 e. The fourth-order valence-corrected chi connectivity index (χ4v) is 5.21. The highest BCUT2D eigenvalue weighted by Gasteiger charge is 2.38. The summed E-state index contributed by atoms with van der Waals surface area (Å²) >= 11 is 0. The number of fused-ring (bicyclic) bond motifs is 1. The molecule has 0 saturated carbocycles. The molecule has 1 fully saturated rings. The largest absolute Gasteiger partial charge is 0.342 e. The molecular formula is C15H20N2O3S. The minimum absolute atomic E-state index is 0.0447. The van der Waals surface area contributed by atoms with Crippen LogP contribution in [0.4, 0.5) is 5.69 Å². The van der Waals surface area contributed by atoms with Crippen LogP contribution in [0.25, 0.3) is 0 Å². The van der Waals surface area contributed by atoms with E-state index in [2.05, 4.69) is 0 Å². The highest BCUT2D eigenvalue weighted by atomic mass is 32.2. The Kier molecular flexibility index (Phi) is 3.65. The van der Waals surface area contributed by atoms with Crippen LogP contribution in [0.5, 0.6) is 0 Å². The monoisotopic (exact) mass is 308 g/mol. The Morgan fingerprint density at radius 2 is 2.00 bits per heavy atom. The maximum absolute atomic E-state index is 12.9. The van der Waals surface area contributed by atoms with Crippen LogP contribution in [-0.4, -0.2) is 44.1 Å². The molecule has 1 atom stereocenters. The molecule has 21 heavy (non-hydrogen) atoms. The Morgan fingerprint density at radius 1 is 1.24 bits per heavy atom. The normalized spacial score (nSPS) is 22.2. The van der Waals surface area contributed by atoms with E-state index in [0.29, 0.717) is 26.1 Å². The molecule has 2 aliphatic rings. The quantitative estimate of drug-likeness (QED) is 0.829. The summed E-state index contributed by atoms with van der Waals surface area (Å²) in [6.07, 6.45) is 2.14. The van der Waals surface area contributed by atoms with E-state index in [1.807, 2.05) is 24.3 Å². The van der Waals surface area contributed by atoms with Gasteiger partial charge < -0.3 is 4.90 Å². The Balaban J connectivity index is 1.86. The van der Waals surface area contributed by atoms with Crippen molar-refractivity contribution in [3.8, 4) is 0 Å². The van der Waals surface area contributed by atoms with Crippen LogP contribution in [0.2, 0.25) is 0 Å². The number of hydrogen-bond donors (Lipinski definition) is 0. The van der Waals surface area contributed by atoms with Crippen molar-refractivity contribution in [1.29, 1.82) is 0 Å². The second kappa shape index (κ2) is 5.33. The number of piperidine rings is 1. The minimum atomic E-state index is -3.40. The van der Waals surface area contributed by atoms with E-state index in [0.717, 1.165) is 24.1 Å². The van der Waals surface area contributed by atoms with Crippen LogP contribution < -0.4 is 4.31 Å². The van der Waals surface area contributed by atoms with E-state index in [1.54, 1.807) is 4.90 Å². The lowest BCUT2D eigenvalue weighted by Crippen LogP contribution is -2.48. The number of amides is 1. The molecule has 0 radical (unpaired) electrons. The lowest BCUT2D eigenvalue weighted by atomic mass is 10.1. The number of likely N-dealkylation sites (tertiary alicyclic amines) is 1. The molecule has 3 rings (SSSR count). The van der Waals surface area contributed by atoms with E-state index >= 15 is 0 Å². The number of para-hydroxylation sites is 1. The zero-order valence-electron chi connectivity index (χ0n) is 12.2. The molecule has 1 aromatic carbocycles. The molecule has 0 aromatic heterocycles. The summed E-state index contributed by atoms with van der Waals surface area (Å²) in [5, 5.41) is -0.485. The van der Waals surface area contributed by atoms with Crippen LogP contribution in [0.1, 0.15) is 25.3 Å². The maximum Gasteiger partial charge on any atom is 0.239 e. The standard InChI is InChI=1S/C15H20N2O3S/c1-12(18)16-9-4-6-14(11-16)21(19,20)17-10-8-13-5-2-3-7-15(13)17/h2-3,5,7,14H,4,6,8-11H2,1H3/t14-/m1/s1. The van der Waals surface area contributed by atoms with Crippen molar-refractivity contribution in [2.45, 2.75) is 31.4 Å². The first kappa shape index (κ1) is 14.4. The highest BCUT2D eigenvalue weighted by molar-refractivity contribution is 7.93. The van der Waals surface area contributed by atoms with Gasteiger partial charge in [-0.3, -0.25) is 9.10 Å². The van der Waals surface area contributed by atoms with Gasteiger partial charge in [-0.15, -0.1) is 0 Å². The Bertz CT molecular complexity index is 657. The molecule has 0 unspecified atom stereocenters. The zero-order valence-corrected chi connectivity index (χ0v) is 13.0. The number of carbonyl (C=O) groups is 1. The summed E-state index contributed by atoms with van der Waals surface area (Å²) in [5.41, 5.74) is 1.89. The van der Waals surface area contributed by atoms with Gasteiger partial charge in [0.05, 0.1) is 10.9 Å². The fourth-order valence-electron chi connectivity index (χ4n) is 3.22. The van der Waals surface area contributed by atoms with Crippen molar-refractivity contribution in [2.75, 3.05) is 23.9 Å². The van der Waals surface area contributed by atoms with Crippen LogP contribution in [0, 0.1) is 0 Å². The third-order valence-corrected chi connectivity index (χ3v) is 6.62. The molecule has 1 saturated heterocycles. The highest BCUT2D eigenvalue weighted by Crippen LogP contribution is 2.33. The second-order valence-corrected chi connectivity index (χ2v) is 7.86. The van der Waals surface area contributed by atoms with E-state index in [-0.39, 0.29) is 5.91 Å². The minimum Gasteiger partial charge on any atom is -0.342 e. The van der Waals surface area contributed by atoms with Crippen LogP contribution in [0.15, 0.2) is 24.3 Å². The van der Waals surface area contributed by atoms with E-state index < -0.39 is 15.3 Å². The Labute approximate surface area is 125 Å². The van der Waals surface area contributed by atoms with Gasteiger partial charge in [-0.25, -0.2) is 8.42 Å². The van der Waals surface area contributed by atoms with Gasteiger partial charge in [-0.05, 0) is 30.9 Å². The number of sulfonamides is 1. The van der Waals surface area contributed by atoms with Crippen molar-refractivity contribution in [1.82, 2.24) is 4.90 Å². The third-order valence-electron chi connectivity index (χ3n) is 4.40. The molecule has 2 heterocycles. The predicted octanol–water partition coefficient (Wildman–Crippen LogP) is 1.39. The fraction of sp³-hybridized carbons (Fsp3) is 0.533. The molecule has 114 valence electrons. The van der Waals surface area contributed by atoms with Crippen LogP contribution >= 0.6 is 0 Å². The molecule has 0 bridgehead atoms. The third kappa shape index (κ3) is 2.52. The second-order valence-electron chi connectivity index (χ2n) is 5.73. The lowest BCUT2D eigenvalue weighted by molar-refractivity contribution is -0.129. The molecular weight excluding hydrogens is 288 g/mol. The van der Waals surface area contributed by atoms with Crippen molar-refractivity contribution < 1.29 is 13.2 Å². The number of carbonyl (C=O) groups excluding carboxylic acids is 1. The summed E-state index contributed by atoms with van der Waals surface area (Å²) in [6.45, 7) is 2.99. The predicted molar refractivity (Wildman–Crippen MR) is 81.7 cm³/mol. The summed E-state index contributed by atoms with van der Waals surface area (Å²) < 4.78 is 27.4. The summed E-state index contributed by atoms with van der Waals surface area (Å²) in [7, 11) is -3.40. The molecule has 5 nitrogen and oxygen atoms in total. The van der Waals surface area contributed by atoms with E-state index in [4.69, 9.17) is 0 Å². The number of rotatable bonds is 2. The Hall–Kier alpha value is -1.56. The van der Waals surface area contributed by atoms with E-state index in [9.17, 15) is 13.2 Å². The molecule has 1 aromatic rings. The Morgan fingerprint density at radius 3 is 2.76 bits per heavy atom. The van der Waals surface area contributed by atoms with Crippen molar-refractivity contribution in [2.24, 2.45) is 0 Å². The molecule has 1 amide bonds. The first-order valence-electron chi connectivity index (χ1n) is 7.35. The first-order valence-corrected chi connectivity index (χ1v) is 8.85. The van der Waals surface area contributed by atoms with E-state index in [1.165, 1.54) is 11.2 Å². The first-order chi connectivity index (χ1) is 10.00. The molecule has 0 aliphatic carbocycles. The molecule has 0 N–H and O–H groups in total. The van der Waals surface area contributed by atoms with Crippen molar-refractivity contribution >= 4 is 21.6 Å². The van der Waals surface area contributed by atoms with Gasteiger partial charge in [0.1, 0.15) is 0 Å². The van der Waals surface area contributed by atoms with Crippen LogP contribution in [0.3, 0.4) is 0 Å². The number of hydrogen-bond acceptors (Lipinski definition) is 3. The molecule has 0 spiro atoms. The van der Waals surface area contributed by atoms with Crippen molar-refractivity contribution in [3.63, 3.8) is 0 Å². The lowest BCUT2D eigenvalue weighted by Gasteiger charge is -2.34. The van der Waals surface area contributed by atoms with Gasteiger partial charge in [-0.2, -0.15) is 0 Å². The number of nitrogens with zero attached hydrogens (tertiary/aromatic N) is 2. The van der Waals surface area contributed by atoms with Gasteiger partial charge in [0.15, 0.2) is 0 Å². The summed E-state index contributed by atoms with van der Waals surface area (Å²) in [6, 6.07) is 7.65. The SMILES string of the molecule is CC(=O)N1CCC[C@@H](S(=O)(=O)N2CCc3ccccc32)C1. The topological polar surface area (TPSA) is 57.7 Å². The number of benzene rings is 1. The number of anilines is 1. The van der Waals surface area contributed by atoms with Crippen molar-refractivity contribution in [3.05, 3.63) is 29.8 Å². The van der Waals surface area contributed by atoms with Gasteiger partial charge >= 0.3 is 0 Å². The maximum atomic E-state index is 12.9. The molecule has 6 heteroatoms. The average molecular weight is 308 g/mol. The van der Waals surface area contributed by atoms with Gasteiger partial charge in [0, 0.05) is 26.6 Å². The van der Waals surface area contributed by atoms with Gasteiger partial charge in [0.25, 0.3) is 0 Å². The summed E-state index contributed by atoms with van der Waals surface area (Å²) in [4.78, 5) is 13.2. The zero-order chi connectivity index (χ0) is 15.0. The van der Waals surface area contributed by atoms with Crippen LogP contribution in [-0.2, 0) is 21.2 Å². The van der Waals surface area contributed by atoms with Gasteiger partial charge in [0.2, 0.25) is 15.9 Å². The average Bonchev–Trinajstić information content (AvgIpc) is 2.92. The summed E-state index contributed by atoms with van der Waals surface area (Å²) in [5.74, 6) is -0.0447.